The van der Waals surface area contributed by atoms with Crippen LogP contribution in [0.15, 0.2) is 36.4 Å². The van der Waals surface area contributed by atoms with Crippen LogP contribution >= 0.6 is 0 Å². The zero-order chi connectivity index (χ0) is 24.3. The van der Waals surface area contributed by atoms with Gasteiger partial charge in [0.15, 0.2) is 0 Å². The Morgan fingerprint density at radius 3 is 1.18 bits per heavy atom. The Kier molecular flexibility index (Phi) is 4.60. The fraction of sp³-hybridized carbons (Fsp3) is 0. The minimum absolute atomic E-state index is 0.0101. The molecule has 0 fully saturated rings. The molecule has 0 unspecified atom stereocenters. The summed E-state index contributed by atoms with van der Waals surface area (Å²) in [6.07, 6.45) is 0. The predicted molar refractivity (Wildman–Crippen MR) is 103 cm³/mol. The topological polar surface area (TPSA) is 111 Å². The molecule has 2 heterocycles. The molecule has 8 nitrogen and oxygen atoms in total. The van der Waals surface area contributed by atoms with Crippen molar-refractivity contribution in [2.45, 2.75) is 0 Å². The summed E-state index contributed by atoms with van der Waals surface area (Å²) in [6, 6.07) is 6.39. The van der Waals surface area contributed by atoms with Crippen LogP contribution in [0.25, 0.3) is 0 Å². The molecule has 3 aromatic carbocycles. The Bertz CT molecular complexity index is 1350. The molecule has 2 aliphatic rings. The van der Waals surface area contributed by atoms with Gasteiger partial charge in [0.2, 0.25) is 34.8 Å². The van der Waals surface area contributed by atoms with Crippen molar-refractivity contribution in [3.8, 4) is 23.0 Å². The fourth-order valence-corrected chi connectivity index (χ4v) is 3.43. The second kappa shape index (κ2) is 7.40. The molecule has 0 aromatic heterocycles. The number of hydrogen-bond acceptors (Lipinski definition) is 6. The van der Waals surface area contributed by atoms with Crippen molar-refractivity contribution in [2.24, 2.45) is 0 Å². The van der Waals surface area contributed by atoms with Crippen molar-refractivity contribution >= 4 is 23.6 Å². The van der Waals surface area contributed by atoms with Crippen LogP contribution in [0.2, 0.25) is 0 Å². The minimum atomic E-state index is -1.94. The number of nitrogens with one attached hydrogen (secondary N) is 2. The van der Waals surface area contributed by atoms with E-state index in [0.29, 0.717) is 0 Å². The molecule has 2 aliphatic heterocycles. The van der Waals surface area contributed by atoms with Gasteiger partial charge in [-0.1, -0.05) is 0 Å². The second-order valence-corrected chi connectivity index (χ2v) is 7.10. The lowest BCUT2D eigenvalue weighted by atomic mass is 10.1. The van der Waals surface area contributed by atoms with E-state index in [1.807, 2.05) is 10.6 Å². The molecule has 170 valence electrons. The first-order chi connectivity index (χ1) is 16.2. The summed E-state index contributed by atoms with van der Waals surface area (Å²) in [7, 11) is 0. The number of carbonyl (C=O) groups excluding carboxylic acids is 4. The van der Waals surface area contributed by atoms with Crippen LogP contribution in [0, 0.1) is 23.3 Å². The molecule has 0 saturated carbocycles. The lowest BCUT2D eigenvalue weighted by Crippen LogP contribution is -2.19. The van der Waals surface area contributed by atoms with Crippen molar-refractivity contribution in [2.75, 3.05) is 0 Å². The summed E-state index contributed by atoms with van der Waals surface area (Å²) < 4.78 is 68.3. The lowest BCUT2D eigenvalue weighted by Gasteiger charge is -2.14. The molecule has 12 heteroatoms. The third-order valence-electron chi connectivity index (χ3n) is 5.04. The van der Waals surface area contributed by atoms with E-state index >= 15 is 0 Å². The summed E-state index contributed by atoms with van der Waals surface area (Å²) in [5, 5.41) is 4.01. The molecule has 0 bridgehead atoms. The van der Waals surface area contributed by atoms with Crippen LogP contribution in [0.5, 0.6) is 23.0 Å². The van der Waals surface area contributed by atoms with Crippen LogP contribution in [-0.2, 0) is 0 Å². The van der Waals surface area contributed by atoms with Gasteiger partial charge in [0.05, 0.1) is 22.3 Å². The number of halogens is 4. The van der Waals surface area contributed by atoms with Gasteiger partial charge >= 0.3 is 0 Å². The summed E-state index contributed by atoms with van der Waals surface area (Å²) in [6.45, 7) is 0. The summed E-state index contributed by atoms with van der Waals surface area (Å²) in [5.41, 5.74) is -0.319. The highest BCUT2D eigenvalue weighted by molar-refractivity contribution is 6.22. The van der Waals surface area contributed by atoms with Gasteiger partial charge in [0.1, 0.15) is 11.5 Å². The van der Waals surface area contributed by atoms with E-state index < -0.39 is 58.4 Å². The Labute approximate surface area is 186 Å². The van der Waals surface area contributed by atoms with Gasteiger partial charge in [0, 0.05) is 0 Å². The van der Waals surface area contributed by atoms with Crippen LogP contribution in [0.1, 0.15) is 41.4 Å². The van der Waals surface area contributed by atoms with Crippen LogP contribution < -0.4 is 20.1 Å². The highest BCUT2D eigenvalue weighted by Crippen LogP contribution is 2.39. The van der Waals surface area contributed by atoms with Crippen molar-refractivity contribution in [1.29, 1.82) is 0 Å². The fourth-order valence-electron chi connectivity index (χ4n) is 3.43. The maximum atomic E-state index is 14.6. The molecule has 3 aromatic rings. The van der Waals surface area contributed by atoms with E-state index in [-0.39, 0.29) is 33.8 Å². The molecule has 5 rings (SSSR count). The minimum Gasteiger partial charge on any atom is -0.451 e. The average molecular weight is 472 g/mol. The number of fused-ring (bicyclic) bond motifs is 2. The van der Waals surface area contributed by atoms with Gasteiger partial charge in [0.25, 0.3) is 23.6 Å². The largest absolute Gasteiger partial charge is 0.451 e. The van der Waals surface area contributed by atoms with E-state index in [4.69, 9.17) is 9.47 Å². The van der Waals surface area contributed by atoms with Gasteiger partial charge in [-0.2, -0.15) is 17.6 Å². The third-order valence-corrected chi connectivity index (χ3v) is 5.04. The normalized spacial score (nSPS) is 14.0. The molecule has 0 aliphatic carbocycles. The van der Waals surface area contributed by atoms with E-state index in [1.54, 1.807) is 0 Å². The number of hydrogen-bond donors (Lipinski definition) is 2. The second-order valence-electron chi connectivity index (χ2n) is 7.10. The first kappa shape index (κ1) is 21.1. The Balaban J connectivity index is 1.49. The maximum Gasteiger partial charge on any atom is 0.259 e. The summed E-state index contributed by atoms with van der Waals surface area (Å²) >= 11 is 0. The van der Waals surface area contributed by atoms with Crippen molar-refractivity contribution in [3.63, 3.8) is 0 Å². The molecule has 0 atom stereocenters. The first-order valence-electron chi connectivity index (χ1n) is 9.36. The van der Waals surface area contributed by atoms with Gasteiger partial charge in [-0.3, -0.25) is 29.8 Å². The molecule has 4 amide bonds. The molecule has 2 N–H and O–H groups in total. The van der Waals surface area contributed by atoms with Gasteiger partial charge in [-0.25, -0.2) is 0 Å². The number of imide groups is 2. The molecular weight excluding hydrogens is 464 g/mol. The Morgan fingerprint density at radius 2 is 0.824 bits per heavy atom. The van der Waals surface area contributed by atoms with E-state index in [9.17, 15) is 36.7 Å². The number of amides is 4. The number of ether oxygens (including phenoxy) is 2. The zero-order valence-corrected chi connectivity index (χ0v) is 16.4. The Morgan fingerprint density at radius 1 is 0.500 bits per heavy atom. The molecule has 0 spiro atoms. The predicted octanol–water partition coefficient (Wildman–Crippen LogP) is 3.59. The number of rotatable bonds is 4. The Hall–Kier alpha value is -4.74. The number of carbonyl (C=O) groups is 4. The van der Waals surface area contributed by atoms with Gasteiger partial charge in [-0.15, -0.1) is 0 Å². The van der Waals surface area contributed by atoms with Crippen molar-refractivity contribution in [1.82, 2.24) is 10.6 Å². The third kappa shape index (κ3) is 3.15. The SMILES string of the molecule is O=C1NC(=O)c2cc(Oc3c(F)c(F)c(Oc4ccc5c(c4)C(=O)NC5=O)c(F)c3F)ccc21. The van der Waals surface area contributed by atoms with E-state index in [0.717, 1.165) is 36.4 Å². The van der Waals surface area contributed by atoms with Crippen LogP contribution in [0.3, 0.4) is 0 Å². The average Bonchev–Trinajstić information content (AvgIpc) is 3.26. The molecule has 0 radical (unpaired) electrons. The first-order valence-corrected chi connectivity index (χ1v) is 9.36. The summed E-state index contributed by atoms with van der Waals surface area (Å²) in [5.74, 6) is -14.3. The van der Waals surface area contributed by atoms with E-state index in [2.05, 4.69) is 0 Å². The smallest absolute Gasteiger partial charge is 0.259 e. The molecule has 34 heavy (non-hydrogen) atoms. The molecular formula is C22H8F4N2O6. The van der Waals surface area contributed by atoms with Crippen LogP contribution in [0.4, 0.5) is 17.6 Å². The van der Waals surface area contributed by atoms with Crippen molar-refractivity contribution < 1.29 is 46.2 Å². The summed E-state index contributed by atoms with van der Waals surface area (Å²) in [4.78, 5) is 46.6. The van der Waals surface area contributed by atoms with Gasteiger partial charge < -0.3 is 9.47 Å². The zero-order valence-electron chi connectivity index (χ0n) is 16.4. The highest BCUT2D eigenvalue weighted by atomic mass is 19.2. The van der Waals surface area contributed by atoms with Crippen molar-refractivity contribution in [3.05, 3.63) is 81.9 Å². The van der Waals surface area contributed by atoms with Crippen LogP contribution in [-0.4, -0.2) is 23.6 Å². The highest BCUT2D eigenvalue weighted by Gasteiger charge is 2.32. The number of benzene rings is 3. The standard InChI is InChI=1S/C22H8F4N2O6/c23-13-15(25)18(34-8-2-4-10-12(6-8)22(32)28-20(10)30)16(26)14(24)17(13)33-7-1-3-9-11(5-7)21(31)27-19(9)29/h1-6H,(H,27,29,31)(H,28,30,32). The lowest BCUT2D eigenvalue weighted by molar-refractivity contribution is 0.0863. The van der Waals surface area contributed by atoms with Gasteiger partial charge in [-0.05, 0) is 36.4 Å². The molecule has 0 saturated heterocycles. The quantitative estimate of drug-likeness (QED) is 0.341. The maximum absolute atomic E-state index is 14.6. The monoisotopic (exact) mass is 472 g/mol. The van der Waals surface area contributed by atoms with E-state index in [1.165, 1.54) is 0 Å².